The minimum Gasteiger partial charge on any atom is -0.372 e. The maximum atomic E-state index is 11.3. The molecule has 1 aliphatic rings. The summed E-state index contributed by atoms with van der Waals surface area (Å²) in [6, 6.07) is 3.21. The molecule has 0 amide bonds. The summed E-state index contributed by atoms with van der Waals surface area (Å²) in [5.74, 6) is 0.165. The number of hydrogen-bond acceptors (Lipinski definition) is 2. The number of ketones is 1. The van der Waals surface area contributed by atoms with E-state index in [1.165, 1.54) is 0 Å². The van der Waals surface area contributed by atoms with E-state index in [0.717, 1.165) is 0 Å². The van der Waals surface area contributed by atoms with Crippen molar-refractivity contribution in [3.63, 3.8) is 0 Å². The van der Waals surface area contributed by atoms with Gasteiger partial charge in [0.2, 0.25) is 0 Å². The first-order valence-electron chi connectivity index (χ1n) is 4.85. The van der Waals surface area contributed by atoms with Crippen LogP contribution in [0.1, 0.15) is 24.5 Å². The van der Waals surface area contributed by atoms with Gasteiger partial charge in [-0.1, -0.05) is 34.8 Å². The summed E-state index contributed by atoms with van der Waals surface area (Å²) in [6.07, 6.45) is 0.430. The first kappa shape index (κ1) is 12.2. The first-order valence-corrected chi connectivity index (χ1v) is 5.99. The van der Waals surface area contributed by atoms with Gasteiger partial charge in [-0.2, -0.15) is 0 Å². The number of halogens is 3. The second-order valence-corrected chi connectivity index (χ2v) is 4.89. The molecule has 16 heavy (non-hydrogen) atoms. The van der Waals surface area contributed by atoms with Crippen molar-refractivity contribution in [1.29, 1.82) is 0 Å². The number of benzene rings is 1. The lowest BCUT2D eigenvalue weighted by molar-refractivity contribution is -0.128. The van der Waals surface area contributed by atoms with Crippen molar-refractivity contribution < 1.29 is 9.53 Å². The predicted octanol–water partition coefficient (Wildman–Crippen LogP) is 4.07. The van der Waals surface area contributed by atoms with E-state index >= 15 is 0 Å². The normalized spacial score (nSPS) is 21.2. The minimum absolute atomic E-state index is 0.165. The lowest BCUT2D eigenvalue weighted by Crippen LogP contribution is -2.19. The van der Waals surface area contributed by atoms with Gasteiger partial charge in [-0.05, 0) is 12.1 Å². The highest BCUT2D eigenvalue weighted by Crippen LogP contribution is 2.38. The molecule has 0 spiro atoms. The molecule has 1 aliphatic heterocycles. The molecular weight excluding hydrogens is 270 g/mol. The van der Waals surface area contributed by atoms with Gasteiger partial charge in [-0.15, -0.1) is 0 Å². The zero-order chi connectivity index (χ0) is 11.7. The molecule has 1 unspecified atom stereocenters. The molecule has 1 aromatic carbocycles. The van der Waals surface area contributed by atoms with Gasteiger partial charge in [0.05, 0.1) is 12.7 Å². The summed E-state index contributed by atoms with van der Waals surface area (Å²) < 4.78 is 5.50. The third kappa shape index (κ3) is 2.51. The van der Waals surface area contributed by atoms with Crippen LogP contribution >= 0.6 is 34.8 Å². The molecule has 1 atom stereocenters. The zero-order valence-electron chi connectivity index (χ0n) is 8.30. The number of hydrogen-bond donors (Lipinski definition) is 0. The molecule has 5 heteroatoms. The van der Waals surface area contributed by atoms with E-state index in [1.54, 1.807) is 12.1 Å². The molecular formula is C11H9Cl3O2. The number of carbonyl (C=O) groups is 1. The molecule has 0 radical (unpaired) electrons. The van der Waals surface area contributed by atoms with Crippen LogP contribution in [-0.2, 0) is 9.53 Å². The number of carbonyl (C=O) groups excluding carboxylic acids is 1. The van der Waals surface area contributed by atoms with Crippen LogP contribution in [0.4, 0.5) is 0 Å². The Morgan fingerprint density at radius 2 is 1.81 bits per heavy atom. The molecule has 0 saturated carbocycles. The summed E-state index contributed by atoms with van der Waals surface area (Å²) in [6.45, 7) is 0.415. The predicted molar refractivity (Wildman–Crippen MR) is 64.4 cm³/mol. The van der Waals surface area contributed by atoms with Crippen molar-refractivity contribution in [3.8, 4) is 0 Å². The van der Waals surface area contributed by atoms with Gasteiger partial charge in [0.25, 0.3) is 0 Å². The summed E-state index contributed by atoms with van der Waals surface area (Å²) in [5, 5.41) is 1.36. The topological polar surface area (TPSA) is 26.3 Å². The van der Waals surface area contributed by atoms with Crippen molar-refractivity contribution >= 4 is 40.6 Å². The average Bonchev–Trinajstić information content (AvgIpc) is 2.15. The van der Waals surface area contributed by atoms with E-state index in [2.05, 4.69) is 0 Å². The summed E-state index contributed by atoms with van der Waals surface area (Å²) in [7, 11) is 0. The van der Waals surface area contributed by atoms with Crippen LogP contribution in [-0.4, -0.2) is 12.4 Å². The SMILES string of the molecule is O=C1CCOC(c2c(Cl)cc(Cl)cc2Cl)C1. The maximum absolute atomic E-state index is 11.3. The van der Waals surface area contributed by atoms with Crippen LogP contribution in [0.5, 0.6) is 0 Å². The van der Waals surface area contributed by atoms with E-state index in [1.807, 2.05) is 0 Å². The molecule has 1 saturated heterocycles. The first-order chi connectivity index (χ1) is 7.58. The molecule has 2 nitrogen and oxygen atoms in total. The van der Waals surface area contributed by atoms with E-state index in [4.69, 9.17) is 39.5 Å². The molecule has 86 valence electrons. The van der Waals surface area contributed by atoms with Crippen LogP contribution < -0.4 is 0 Å². The Morgan fingerprint density at radius 1 is 1.19 bits per heavy atom. The van der Waals surface area contributed by atoms with Crippen molar-refractivity contribution in [3.05, 3.63) is 32.8 Å². The van der Waals surface area contributed by atoms with E-state index in [0.29, 0.717) is 40.1 Å². The standard InChI is InChI=1S/C11H9Cl3O2/c12-6-3-8(13)11(9(14)4-6)10-5-7(15)1-2-16-10/h3-4,10H,1-2,5H2. The van der Waals surface area contributed by atoms with Crippen LogP contribution in [0.2, 0.25) is 15.1 Å². The molecule has 0 bridgehead atoms. The third-order valence-electron chi connectivity index (χ3n) is 2.48. The lowest BCUT2D eigenvalue weighted by Gasteiger charge is -2.24. The molecule has 1 fully saturated rings. The Morgan fingerprint density at radius 3 is 2.38 bits per heavy atom. The fourth-order valence-electron chi connectivity index (χ4n) is 1.73. The summed E-state index contributed by atoms with van der Waals surface area (Å²) in [5.41, 5.74) is 0.654. The number of ether oxygens (including phenoxy) is 1. The summed E-state index contributed by atoms with van der Waals surface area (Å²) in [4.78, 5) is 11.3. The molecule has 0 aromatic heterocycles. The molecule has 2 rings (SSSR count). The monoisotopic (exact) mass is 278 g/mol. The van der Waals surface area contributed by atoms with Crippen LogP contribution in [0.3, 0.4) is 0 Å². The van der Waals surface area contributed by atoms with Gasteiger partial charge in [-0.25, -0.2) is 0 Å². The highest BCUT2D eigenvalue weighted by Gasteiger charge is 2.25. The van der Waals surface area contributed by atoms with Crippen LogP contribution in [0.15, 0.2) is 12.1 Å². The Labute approximate surface area is 108 Å². The van der Waals surface area contributed by atoms with Crippen LogP contribution in [0, 0.1) is 0 Å². The number of rotatable bonds is 1. The smallest absolute Gasteiger partial charge is 0.138 e. The quantitative estimate of drug-likeness (QED) is 0.774. The largest absolute Gasteiger partial charge is 0.372 e. The number of Topliss-reactive ketones (excluding diaryl/α,β-unsaturated/α-hetero) is 1. The Balaban J connectivity index is 2.35. The van der Waals surface area contributed by atoms with E-state index < -0.39 is 0 Å². The van der Waals surface area contributed by atoms with Crippen molar-refractivity contribution in [2.75, 3.05) is 6.61 Å². The van der Waals surface area contributed by atoms with Gasteiger partial charge in [0.1, 0.15) is 5.78 Å². The molecule has 1 aromatic rings. The van der Waals surface area contributed by atoms with Gasteiger partial charge < -0.3 is 4.74 Å². The fourth-order valence-corrected chi connectivity index (χ4v) is 2.79. The highest BCUT2D eigenvalue weighted by molar-refractivity contribution is 6.39. The molecule has 1 heterocycles. The van der Waals surface area contributed by atoms with E-state index in [9.17, 15) is 4.79 Å². The van der Waals surface area contributed by atoms with Gasteiger partial charge >= 0.3 is 0 Å². The van der Waals surface area contributed by atoms with Gasteiger partial charge in [0.15, 0.2) is 0 Å². The van der Waals surface area contributed by atoms with Gasteiger partial charge in [-0.3, -0.25) is 4.79 Å². The van der Waals surface area contributed by atoms with Crippen molar-refractivity contribution in [2.24, 2.45) is 0 Å². The fraction of sp³-hybridized carbons (Fsp3) is 0.364. The average molecular weight is 280 g/mol. The van der Waals surface area contributed by atoms with Crippen molar-refractivity contribution in [2.45, 2.75) is 18.9 Å². The van der Waals surface area contributed by atoms with Gasteiger partial charge in [0, 0.05) is 33.5 Å². The second kappa shape index (κ2) is 4.92. The zero-order valence-corrected chi connectivity index (χ0v) is 10.6. The Bertz CT molecular complexity index is 408. The second-order valence-electron chi connectivity index (χ2n) is 3.64. The highest BCUT2D eigenvalue weighted by atomic mass is 35.5. The third-order valence-corrected chi connectivity index (χ3v) is 3.32. The maximum Gasteiger partial charge on any atom is 0.138 e. The molecule has 0 aliphatic carbocycles. The lowest BCUT2D eigenvalue weighted by atomic mass is 10.0. The Kier molecular flexibility index (Phi) is 3.75. The Hall–Kier alpha value is -0.280. The molecule has 0 N–H and O–H groups in total. The van der Waals surface area contributed by atoms with E-state index in [-0.39, 0.29) is 11.9 Å². The van der Waals surface area contributed by atoms with Crippen LogP contribution in [0.25, 0.3) is 0 Å². The minimum atomic E-state index is -0.349. The van der Waals surface area contributed by atoms with Crippen molar-refractivity contribution in [1.82, 2.24) is 0 Å². The summed E-state index contributed by atoms with van der Waals surface area (Å²) >= 11 is 17.9.